The highest BCUT2D eigenvalue weighted by Gasteiger charge is 2.21. The summed E-state index contributed by atoms with van der Waals surface area (Å²) in [5.74, 6) is 0.967. The van der Waals surface area contributed by atoms with Gasteiger partial charge in [-0.15, -0.1) is 0 Å². The van der Waals surface area contributed by atoms with Crippen LogP contribution in [0.1, 0.15) is 23.1 Å². The number of aryl methyl sites for hydroxylation is 1. The molecule has 0 atom stereocenters. The first-order valence-corrected chi connectivity index (χ1v) is 11.4. The summed E-state index contributed by atoms with van der Waals surface area (Å²) in [6, 6.07) is 15.8. The van der Waals surface area contributed by atoms with Gasteiger partial charge in [0.05, 0.1) is 28.8 Å². The largest absolute Gasteiger partial charge is 0.382 e. The van der Waals surface area contributed by atoms with Crippen molar-refractivity contribution in [1.82, 2.24) is 34.6 Å². The second-order valence-corrected chi connectivity index (χ2v) is 8.59. The van der Waals surface area contributed by atoms with E-state index in [0.717, 1.165) is 38.6 Å². The number of pyridine rings is 1. The Morgan fingerprint density at radius 1 is 1.11 bits per heavy atom. The molecule has 0 saturated heterocycles. The lowest BCUT2D eigenvalue weighted by atomic mass is 10.1. The standard InChI is InChI=1S/C26H24N8O/c1-3-34(26(35)18-13-33(2)21-7-5-4-6-16(18)21)14-22-30-23-17-9-8-15(19-10-11-28-32-19)12-20(17)29-25(27)24(23)31-22/h4-13H,3,14H2,1-2H3,(H2,27,29)(H,28,32)(H,30,31). The summed E-state index contributed by atoms with van der Waals surface area (Å²) >= 11 is 0. The second-order valence-electron chi connectivity index (χ2n) is 8.59. The minimum Gasteiger partial charge on any atom is -0.382 e. The van der Waals surface area contributed by atoms with Crippen LogP contribution in [0.25, 0.3) is 44.1 Å². The first-order valence-electron chi connectivity index (χ1n) is 11.4. The van der Waals surface area contributed by atoms with E-state index in [0.29, 0.717) is 35.8 Å². The van der Waals surface area contributed by atoms with E-state index < -0.39 is 0 Å². The van der Waals surface area contributed by atoms with Crippen molar-refractivity contribution in [2.75, 3.05) is 12.3 Å². The molecule has 35 heavy (non-hydrogen) atoms. The normalized spacial score (nSPS) is 11.6. The van der Waals surface area contributed by atoms with Crippen molar-refractivity contribution in [1.29, 1.82) is 0 Å². The molecule has 4 N–H and O–H groups in total. The molecule has 0 spiro atoms. The molecule has 9 nitrogen and oxygen atoms in total. The molecule has 0 aliphatic rings. The Morgan fingerprint density at radius 3 is 2.77 bits per heavy atom. The molecule has 0 bridgehead atoms. The Kier molecular flexibility index (Phi) is 4.77. The smallest absolute Gasteiger partial charge is 0.256 e. The average molecular weight is 465 g/mol. The number of hydrogen-bond donors (Lipinski definition) is 3. The van der Waals surface area contributed by atoms with Gasteiger partial charge in [0.1, 0.15) is 11.3 Å². The van der Waals surface area contributed by atoms with Crippen molar-refractivity contribution in [3.8, 4) is 11.3 Å². The van der Waals surface area contributed by atoms with Crippen LogP contribution in [0, 0.1) is 0 Å². The Balaban J connectivity index is 1.37. The summed E-state index contributed by atoms with van der Waals surface area (Å²) in [6.45, 7) is 2.84. The molecule has 0 aliphatic carbocycles. The predicted octanol–water partition coefficient (Wildman–Crippen LogP) is 4.24. The number of nitrogens with zero attached hydrogens (tertiary/aromatic N) is 5. The number of carbonyl (C=O) groups is 1. The number of amides is 1. The SMILES string of the molecule is CCN(Cc1nc2c(N)nc3cc(-c4cc[nH]n4)ccc3c2[nH]1)C(=O)c1cn(C)c2ccccc12. The van der Waals surface area contributed by atoms with Crippen LogP contribution in [-0.4, -0.2) is 47.1 Å². The summed E-state index contributed by atoms with van der Waals surface area (Å²) in [7, 11) is 1.95. The van der Waals surface area contributed by atoms with Crippen molar-refractivity contribution in [2.45, 2.75) is 13.5 Å². The fourth-order valence-corrected chi connectivity index (χ4v) is 4.67. The topological polar surface area (TPSA) is 122 Å². The summed E-state index contributed by atoms with van der Waals surface area (Å²) in [5, 5.41) is 8.93. The van der Waals surface area contributed by atoms with Gasteiger partial charge in [0.25, 0.3) is 5.91 Å². The summed E-state index contributed by atoms with van der Waals surface area (Å²) in [6.07, 6.45) is 3.67. The molecule has 1 amide bonds. The van der Waals surface area contributed by atoms with Crippen LogP contribution in [0.15, 0.2) is 60.9 Å². The van der Waals surface area contributed by atoms with Crippen LogP contribution in [0.2, 0.25) is 0 Å². The van der Waals surface area contributed by atoms with Crippen LogP contribution >= 0.6 is 0 Å². The fourth-order valence-electron chi connectivity index (χ4n) is 4.67. The molecule has 2 aromatic carbocycles. The summed E-state index contributed by atoms with van der Waals surface area (Å²) in [4.78, 5) is 27.9. The van der Waals surface area contributed by atoms with Crippen LogP contribution < -0.4 is 5.73 Å². The monoisotopic (exact) mass is 464 g/mol. The molecule has 4 aromatic heterocycles. The summed E-state index contributed by atoms with van der Waals surface area (Å²) < 4.78 is 1.98. The molecule has 0 fully saturated rings. The van der Waals surface area contributed by atoms with Crippen molar-refractivity contribution in [3.05, 3.63) is 72.3 Å². The van der Waals surface area contributed by atoms with E-state index in [2.05, 4.69) is 20.2 Å². The average Bonchev–Trinajstić information content (AvgIpc) is 3.62. The number of rotatable bonds is 5. The minimum absolute atomic E-state index is 0.0376. The number of imidazole rings is 1. The van der Waals surface area contributed by atoms with Crippen molar-refractivity contribution in [3.63, 3.8) is 0 Å². The number of hydrogen-bond acceptors (Lipinski definition) is 5. The highest BCUT2D eigenvalue weighted by molar-refractivity contribution is 6.08. The maximum Gasteiger partial charge on any atom is 0.256 e. The van der Waals surface area contributed by atoms with E-state index >= 15 is 0 Å². The van der Waals surface area contributed by atoms with Gasteiger partial charge in [0.2, 0.25) is 0 Å². The molecular formula is C26H24N8O. The first-order chi connectivity index (χ1) is 17.0. The van der Waals surface area contributed by atoms with E-state index in [4.69, 9.17) is 10.7 Å². The molecule has 174 valence electrons. The van der Waals surface area contributed by atoms with Gasteiger partial charge in [0, 0.05) is 47.8 Å². The number of nitrogens with two attached hydrogens (primary N) is 1. The number of aromatic amines is 2. The number of H-pyrrole nitrogens is 2. The highest BCUT2D eigenvalue weighted by atomic mass is 16.2. The van der Waals surface area contributed by atoms with Crippen molar-refractivity contribution in [2.24, 2.45) is 7.05 Å². The van der Waals surface area contributed by atoms with Gasteiger partial charge in [-0.2, -0.15) is 5.10 Å². The van der Waals surface area contributed by atoms with Gasteiger partial charge in [-0.25, -0.2) is 9.97 Å². The Labute approximate surface area is 200 Å². The zero-order valence-electron chi connectivity index (χ0n) is 19.4. The van der Waals surface area contributed by atoms with Crippen LogP contribution in [0.3, 0.4) is 0 Å². The van der Waals surface area contributed by atoms with Crippen LogP contribution in [0.5, 0.6) is 0 Å². The molecule has 0 aliphatic heterocycles. The molecule has 0 saturated carbocycles. The maximum absolute atomic E-state index is 13.5. The van der Waals surface area contributed by atoms with Gasteiger partial charge >= 0.3 is 0 Å². The van der Waals surface area contributed by atoms with E-state index in [1.807, 2.05) is 73.3 Å². The maximum atomic E-state index is 13.5. The number of nitrogens with one attached hydrogen (secondary N) is 2. The van der Waals surface area contributed by atoms with E-state index in [1.165, 1.54) is 0 Å². The lowest BCUT2D eigenvalue weighted by Crippen LogP contribution is -2.30. The second kappa shape index (κ2) is 7.98. The number of aromatic nitrogens is 6. The summed E-state index contributed by atoms with van der Waals surface area (Å²) in [5.41, 5.74) is 11.9. The number of fused-ring (bicyclic) bond motifs is 4. The minimum atomic E-state index is -0.0376. The molecule has 4 heterocycles. The Morgan fingerprint density at radius 2 is 1.97 bits per heavy atom. The van der Waals surface area contributed by atoms with Crippen molar-refractivity contribution >= 4 is 44.6 Å². The molecule has 0 radical (unpaired) electrons. The van der Waals surface area contributed by atoms with Gasteiger partial charge in [0.15, 0.2) is 5.82 Å². The lowest BCUT2D eigenvalue weighted by Gasteiger charge is -2.19. The van der Waals surface area contributed by atoms with E-state index in [9.17, 15) is 4.79 Å². The lowest BCUT2D eigenvalue weighted by molar-refractivity contribution is 0.0750. The third-order valence-electron chi connectivity index (χ3n) is 6.44. The number of carbonyl (C=O) groups excluding carboxylic acids is 1. The molecular weight excluding hydrogens is 440 g/mol. The quantitative estimate of drug-likeness (QED) is 0.352. The predicted molar refractivity (Wildman–Crippen MR) is 137 cm³/mol. The molecule has 9 heteroatoms. The number of anilines is 1. The molecule has 6 aromatic rings. The number of nitrogen functional groups attached to an aromatic ring is 1. The third-order valence-corrected chi connectivity index (χ3v) is 6.44. The zero-order valence-corrected chi connectivity index (χ0v) is 19.4. The van der Waals surface area contributed by atoms with E-state index in [-0.39, 0.29) is 5.91 Å². The number of para-hydroxylation sites is 1. The van der Waals surface area contributed by atoms with Crippen molar-refractivity contribution < 1.29 is 4.79 Å². The van der Waals surface area contributed by atoms with Gasteiger partial charge in [-0.1, -0.05) is 24.3 Å². The van der Waals surface area contributed by atoms with Crippen LogP contribution in [-0.2, 0) is 13.6 Å². The van der Waals surface area contributed by atoms with Crippen LogP contribution in [0.4, 0.5) is 5.82 Å². The third kappa shape index (κ3) is 3.40. The highest BCUT2D eigenvalue weighted by Crippen LogP contribution is 2.30. The molecule has 6 rings (SSSR count). The Hall–Kier alpha value is -4.66. The van der Waals surface area contributed by atoms with Gasteiger partial charge < -0.3 is 20.2 Å². The fraction of sp³-hybridized carbons (Fsp3) is 0.154. The molecule has 0 unspecified atom stereocenters. The number of benzene rings is 2. The van der Waals surface area contributed by atoms with Gasteiger partial charge in [-0.05, 0) is 31.2 Å². The van der Waals surface area contributed by atoms with Gasteiger partial charge in [-0.3, -0.25) is 9.89 Å². The Bertz CT molecular complexity index is 1710. The first kappa shape index (κ1) is 20.9. The zero-order chi connectivity index (χ0) is 24.1. The van der Waals surface area contributed by atoms with E-state index in [1.54, 1.807) is 11.1 Å².